The minimum atomic E-state index is -0.512. The number of hydrogen-bond donors (Lipinski definition) is 1. The smallest absolute Gasteiger partial charge is 0.262 e. The van der Waals surface area contributed by atoms with Gasteiger partial charge in [-0.2, -0.15) is 5.26 Å². The molecule has 2 aromatic rings. The molecule has 0 aliphatic heterocycles. The zero-order valence-electron chi connectivity index (χ0n) is 13.3. The second kappa shape index (κ2) is 8.08. The minimum Gasteiger partial charge on any atom is -0.467 e. The van der Waals surface area contributed by atoms with Gasteiger partial charge in [0, 0.05) is 18.8 Å². The average molecular weight is 344 g/mol. The van der Waals surface area contributed by atoms with Gasteiger partial charge in [0.15, 0.2) is 5.13 Å². The van der Waals surface area contributed by atoms with Gasteiger partial charge in [0.05, 0.1) is 18.5 Å². The third-order valence-electron chi connectivity index (χ3n) is 3.10. The molecule has 0 aliphatic rings. The Hall–Kier alpha value is -2.92. The number of nitriles is 1. The van der Waals surface area contributed by atoms with Gasteiger partial charge in [0.25, 0.3) is 5.91 Å². The first kappa shape index (κ1) is 17.4. The van der Waals surface area contributed by atoms with Crippen LogP contribution in [0.4, 0.5) is 5.13 Å². The third-order valence-corrected chi connectivity index (χ3v) is 3.98. The lowest BCUT2D eigenvalue weighted by Crippen LogP contribution is -2.27. The first-order valence-corrected chi connectivity index (χ1v) is 8.09. The lowest BCUT2D eigenvalue weighted by molar-refractivity contribution is -0.117. The van der Waals surface area contributed by atoms with Gasteiger partial charge in [0.1, 0.15) is 17.4 Å². The first-order chi connectivity index (χ1) is 11.5. The van der Waals surface area contributed by atoms with Gasteiger partial charge in [-0.3, -0.25) is 14.5 Å². The number of amides is 2. The van der Waals surface area contributed by atoms with E-state index in [9.17, 15) is 14.9 Å². The van der Waals surface area contributed by atoms with Crippen LogP contribution < -0.4 is 10.2 Å². The quantitative estimate of drug-likeness (QED) is 0.640. The molecule has 24 heavy (non-hydrogen) atoms. The van der Waals surface area contributed by atoms with E-state index in [1.54, 1.807) is 17.5 Å². The van der Waals surface area contributed by atoms with E-state index < -0.39 is 5.91 Å². The number of thiazole rings is 1. The molecule has 7 nitrogen and oxygen atoms in total. The molecular weight excluding hydrogens is 328 g/mol. The molecule has 0 aromatic carbocycles. The van der Waals surface area contributed by atoms with Crippen LogP contribution in [0.2, 0.25) is 0 Å². The highest BCUT2D eigenvalue weighted by Crippen LogP contribution is 2.22. The number of nitrogens with zero attached hydrogens (tertiary/aromatic N) is 3. The summed E-state index contributed by atoms with van der Waals surface area (Å²) in [5.74, 6) is -0.0296. The van der Waals surface area contributed by atoms with Crippen LogP contribution in [-0.4, -0.2) is 23.3 Å². The Morgan fingerprint density at radius 1 is 1.54 bits per heavy atom. The Labute approximate surface area is 143 Å². The van der Waals surface area contributed by atoms with Gasteiger partial charge in [-0.15, -0.1) is 11.3 Å². The summed E-state index contributed by atoms with van der Waals surface area (Å²) in [7, 11) is 0. The van der Waals surface area contributed by atoms with Crippen molar-refractivity contribution in [3.63, 3.8) is 0 Å². The van der Waals surface area contributed by atoms with E-state index in [0.717, 1.165) is 0 Å². The van der Waals surface area contributed by atoms with Crippen LogP contribution in [0.5, 0.6) is 0 Å². The number of carbonyl (C=O) groups is 2. The van der Waals surface area contributed by atoms with Crippen molar-refractivity contribution < 1.29 is 14.0 Å². The van der Waals surface area contributed by atoms with Crippen LogP contribution in [-0.2, 0) is 16.1 Å². The van der Waals surface area contributed by atoms with Gasteiger partial charge < -0.3 is 9.73 Å². The molecule has 0 unspecified atom stereocenters. The van der Waals surface area contributed by atoms with E-state index in [0.29, 0.717) is 23.1 Å². The summed E-state index contributed by atoms with van der Waals surface area (Å²) in [5.41, 5.74) is 0.392. The Morgan fingerprint density at radius 3 is 2.92 bits per heavy atom. The lowest BCUT2D eigenvalue weighted by atomic mass is 10.2. The Kier molecular flexibility index (Phi) is 5.87. The van der Waals surface area contributed by atoms with Crippen LogP contribution in [0.25, 0.3) is 6.08 Å². The maximum atomic E-state index is 12.0. The zero-order valence-corrected chi connectivity index (χ0v) is 14.1. The highest BCUT2D eigenvalue weighted by Gasteiger charge is 2.14. The summed E-state index contributed by atoms with van der Waals surface area (Å²) in [6.07, 6.45) is 2.90. The molecule has 2 rings (SSSR count). The second-order valence-corrected chi connectivity index (χ2v) is 5.59. The maximum absolute atomic E-state index is 12.0. The van der Waals surface area contributed by atoms with Crippen molar-refractivity contribution in [3.8, 4) is 6.07 Å². The molecule has 0 bridgehead atoms. The molecule has 2 amide bonds. The Morgan fingerprint density at radius 2 is 2.33 bits per heavy atom. The SMILES string of the molecule is CCN(C(C)=O)c1nc(/C=C(\C#N)C(=O)NCc2ccco2)cs1. The van der Waals surface area contributed by atoms with Crippen molar-refractivity contribution in [1.82, 2.24) is 10.3 Å². The van der Waals surface area contributed by atoms with E-state index in [-0.39, 0.29) is 18.0 Å². The molecule has 0 aliphatic carbocycles. The van der Waals surface area contributed by atoms with Crippen molar-refractivity contribution >= 4 is 34.4 Å². The largest absolute Gasteiger partial charge is 0.467 e. The van der Waals surface area contributed by atoms with Crippen LogP contribution in [0.3, 0.4) is 0 Å². The Balaban J connectivity index is 2.09. The van der Waals surface area contributed by atoms with Gasteiger partial charge in [0.2, 0.25) is 5.91 Å². The van der Waals surface area contributed by atoms with Crippen LogP contribution in [0.15, 0.2) is 33.8 Å². The van der Waals surface area contributed by atoms with Crippen molar-refractivity contribution in [3.05, 3.63) is 40.8 Å². The van der Waals surface area contributed by atoms with E-state index >= 15 is 0 Å². The highest BCUT2D eigenvalue weighted by molar-refractivity contribution is 7.14. The molecular formula is C16H16N4O3S. The van der Waals surface area contributed by atoms with Crippen molar-refractivity contribution in [1.29, 1.82) is 5.26 Å². The van der Waals surface area contributed by atoms with Gasteiger partial charge in [-0.1, -0.05) is 0 Å². The van der Waals surface area contributed by atoms with Crippen LogP contribution >= 0.6 is 11.3 Å². The number of nitrogens with one attached hydrogen (secondary N) is 1. The molecule has 0 saturated carbocycles. The van der Waals surface area contributed by atoms with Gasteiger partial charge in [-0.25, -0.2) is 4.98 Å². The number of rotatable bonds is 6. The highest BCUT2D eigenvalue weighted by atomic mass is 32.1. The summed E-state index contributed by atoms with van der Waals surface area (Å²) in [6, 6.07) is 5.30. The topological polar surface area (TPSA) is 99.2 Å². The number of hydrogen-bond acceptors (Lipinski definition) is 6. The first-order valence-electron chi connectivity index (χ1n) is 7.21. The van der Waals surface area contributed by atoms with Crippen molar-refractivity contribution in [2.75, 3.05) is 11.4 Å². The molecule has 124 valence electrons. The van der Waals surface area contributed by atoms with Gasteiger partial charge >= 0.3 is 0 Å². The molecule has 2 aromatic heterocycles. The summed E-state index contributed by atoms with van der Waals surface area (Å²) < 4.78 is 5.11. The average Bonchev–Trinajstić information content (AvgIpc) is 3.22. The molecule has 0 radical (unpaired) electrons. The fourth-order valence-corrected chi connectivity index (χ4v) is 2.82. The maximum Gasteiger partial charge on any atom is 0.262 e. The molecule has 0 saturated heterocycles. The van der Waals surface area contributed by atoms with Crippen LogP contribution in [0.1, 0.15) is 25.3 Å². The zero-order chi connectivity index (χ0) is 17.5. The number of anilines is 1. The minimum absolute atomic E-state index is 0.0655. The summed E-state index contributed by atoms with van der Waals surface area (Å²) >= 11 is 1.28. The summed E-state index contributed by atoms with van der Waals surface area (Å²) in [4.78, 5) is 29.4. The number of carbonyl (C=O) groups excluding carboxylic acids is 2. The number of furan rings is 1. The van der Waals surface area contributed by atoms with Crippen LogP contribution in [0, 0.1) is 11.3 Å². The molecule has 0 spiro atoms. The molecule has 8 heteroatoms. The fraction of sp³-hybridized carbons (Fsp3) is 0.250. The third kappa shape index (κ3) is 4.30. The summed E-state index contributed by atoms with van der Waals surface area (Å²) in [5, 5.41) is 14.0. The molecule has 1 N–H and O–H groups in total. The molecule has 0 fully saturated rings. The van der Waals surface area contributed by atoms with E-state index in [4.69, 9.17) is 4.42 Å². The van der Waals surface area contributed by atoms with E-state index in [1.807, 2.05) is 13.0 Å². The second-order valence-electron chi connectivity index (χ2n) is 4.75. The standard InChI is InChI=1S/C16H16N4O3S/c1-3-20(11(2)21)16-19-13(10-24-16)7-12(8-17)15(22)18-9-14-5-4-6-23-14/h4-7,10H,3,9H2,1-2H3,(H,18,22)/b12-7+. The lowest BCUT2D eigenvalue weighted by Gasteiger charge is -2.14. The normalized spacial score (nSPS) is 11.0. The van der Waals surface area contributed by atoms with E-state index in [1.165, 1.54) is 35.5 Å². The predicted molar refractivity (Wildman–Crippen MR) is 90.0 cm³/mol. The van der Waals surface area contributed by atoms with Crippen molar-refractivity contribution in [2.24, 2.45) is 0 Å². The summed E-state index contributed by atoms with van der Waals surface area (Å²) in [6.45, 7) is 4.01. The Bertz CT molecular complexity index is 787. The predicted octanol–water partition coefficient (Wildman–Crippen LogP) is 2.33. The fourth-order valence-electron chi connectivity index (χ4n) is 1.93. The molecule has 2 heterocycles. The van der Waals surface area contributed by atoms with Crippen molar-refractivity contribution in [2.45, 2.75) is 20.4 Å². The van der Waals surface area contributed by atoms with E-state index in [2.05, 4.69) is 10.3 Å². The number of aromatic nitrogens is 1. The van der Waals surface area contributed by atoms with Gasteiger partial charge in [-0.05, 0) is 25.1 Å². The molecule has 0 atom stereocenters. The monoisotopic (exact) mass is 344 g/mol.